The fourth-order valence-corrected chi connectivity index (χ4v) is 3.89. The van der Waals surface area contributed by atoms with Crippen molar-refractivity contribution in [3.05, 3.63) is 27.7 Å². The summed E-state index contributed by atoms with van der Waals surface area (Å²) >= 11 is 3.51. The van der Waals surface area contributed by atoms with Crippen molar-refractivity contribution in [2.24, 2.45) is 0 Å². The van der Waals surface area contributed by atoms with Crippen LogP contribution >= 0.6 is 15.9 Å². The van der Waals surface area contributed by atoms with Crippen molar-refractivity contribution in [1.82, 2.24) is 5.32 Å². The Bertz CT molecular complexity index is 731. The smallest absolute Gasteiger partial charge is 0.407 e. The number of ether oxygens (including phenoxy) is 2. The number of rotatable bonds is 3. The van der Waals surface area contributed by atoms with E-state index in [0.717, 1.165) is 15.7 Å². The second-order valence-corrected chi connectivity index (χ2v) is 8.46. The molecule has 7 nitrogen and oxygen atoms in total. The predicted octanol–water partition coefficient (Wildman–Crippen LogP) is 2.58. The first-order chi connectivity index (χ1) is 12.2. The Morgan fingerprint density at radius 1 is 1.46 bits per heavy atom. The highest BCUT2D eigenvalue weighted by Gasteiger charge is 2.35. The summed E-state index contributed by atoms with van der Waals surface area (Å²) in [5.74, 6) is -0.322. The molecule has 1 aromatic carbocycles. The van der Waals surface area contributed by atoms with Crippen LogP contribution in [0.3, 0.4) is 0 Å². The molecule has 0 radical (unpaired) electrons. The van der Waals surface area contributed by atoms with E-state index in [0.29, 0.717) is 18.5 Å². The predicted molar refractivity (Wildman–Crippen MR) is 99.3 cm³/mol. The number of hydrogen-bond donors (Lipinski definition) is 2. The zero-order valence-corrected chi connectivity index (χ0v) is 16.6. The summed E-state index contributed by atoms with van der Waals surface area (Å²) in [6, 6.07) is 3.38. The van der Waals surface area contributed by atoms with E-state index < -0.39 is 11.7 Å². The zero-order chi connectivity index (χ0) is 19.1. The molecule has 0 aromatic heterocycles. The van der Waals surface area contributed by atoms with Crippen LogP contribution in [0.15, 0.2) is 16.6 Å². The molecular weight excluding hydrogens is 404 g/mol. The van der Waals surface area contributed by atoms with Crippen LogP contribution in [0.25, 0.3) is 0 Å². The molecule has 2 aliphatic heterocycles. The van der Waals surface area contributed by atoms with Crippen LogP contribution in [0, 0.1) is 0 Å². The SMILES string of the molecule is CC(C)(C)OC(=O)N[C@H]1C[C@@H](CO)N(c2cc3c(cc2Br)C(=O)OC3)C1. The highest BCUT2D eigenvalue weighted by atomic mass is 79.9. The van der Waals surface area contributed by atoms with E-state index in [1.807, 2.05) is 31.7 Å². The molecule has 0 spiro atoms. The Balaban J connectivity index is 1.76. The van der Waals surface area contributed by atoms with E-state index in [9.17, 15) is 14.7 Å². The van der Waals surface area contributed by atoms with Gasteiger partial charge in [0.05, 0.1) is 29.9 Å². The van der Waals surface area contributed by atoms with Gasteiger partial charge in [-0.25, -0.2) is 9.59 Å². The Morgan fingerprint density at radius 2 is 2.19 bits per heavy atom. The third-order valence-electron chi connectivity index (χ3n) is 4.41. The van der Waals surface area contributed by atoms with Crippen LogP contribution in [-0.2, 0) is 16.1 Å². The fraction of sp³-hybridized carbons (Fsp3) is 0.556. The minimum absolute atomic E-state index is 0.0363. The number of fused-ring (bicyclic) bond motifs is 1. The molecule has 2 atom stereocenters. The average Bonchev–Trinajstić information content (AvgIpc) is 3.08. The number of benzene rings is 1. The molecule has 26 heavy (non-hydrogen) atoms. The van der Waals surface area contributed by atoms with E-state index in [2.05, 4.69) is 21.2 Å². The van der Waals surface area contributed by atoms with Crippen LogP contribution in [0.5, 0.6) is 0 Å². The molecule has 2 aliphatic rings. The van der Waals surface area contributed by atoms with Crippen LogP contribution in [0.2, 0.25) is 0 Å². The van der Waals surface area contributed by atoms with E-state index in [4.69, 9.17) is 9.47 Å². The molecule has 1 fully saturated rings. The van der Waals surface area contributed by atoms with Gasteiger partial charge in [-0.15, -0.1) is 0 Å². The monoisotopic (exact) mass is 426 g/mol. The molecular formula is C18H23BrN2O5. The van der Waals surface area contributed by atoms with Crippen molar-refractivity contribution in [1.29, 1.82) is 0 Å². The molecule has 0 saturated carbocycles. The minimum atomic E-state index is -0.561. The summed E-state index contributed by atoms with van der Waals surface area (Å²) in [4.78, 5) is 25.8. The Morgan fingerprint density at radius 3 is 2.85 bits per heavy atom. The third-order valence-corrected chi connectivity index (χ3v) is 5.04. The lowest BCUT2D eigenvalue weighted by molar-refractivity contribution is 0.0504. The molecule has 2 heterocycles. The van der Waals surface area contributed by atoms with Crippen molar-refractivity contribution < 1.29 is 24.2 Å². The maximum Gasteiger partial charge on any atom is 0.407 e. The van der Waals surface area contributed by atoms with Crippen LogP contribution in [-0.4, -0.2) is 48.0 Å². The first-order valence-corrected chi connectivity index (χ1v) is 9.34. The third kappa shape index (κ3) is 3.96. The maximum atomic E-state index is 12.0. The largest absolute Gasteiger partial charge is 0.457 e. The molecule has 1 aromatic rings. The maximum absolute atomic E-state index is 12.0. The van der Waals surface area contributed by atoms with E-state index >= 15 is 0 Å². The van der Waals surface area contributed by atoms with Crippen molar-refractivity contribution >= 4 is 33.7 Å². The number of alkyl carbamates (subject to hydrolysis) is 1. The highest BCUT2D eigenvalue weighted by Crippen LogP contribution is 2.36. The van der Waals surface area contributed by atoms with Crippen LogP contribution < -0.4 is 10.2 Å². The molecule has 0 unspecified atom stereocenters. The molecule has 8 heteroatoms. The summed E-state index contributed by atoms with van der Waals surface area (Å²) in [6.45, 7) is 6.20. The summed E-state index contributed by atoms with van der Waals surface area (Å²) in [5.41, 5.74) is 1.70. The molecule has 0 aliphatic carbocycles. The van der Waals surface area contributed by atoms with E-state index in [1.165, 1.54) is 0 Å². The quantitative estimate of drug-likeness (QED) is 0.722. The lowest BCUT2D eigenvalue weighted by Gasteiger charge is -2.27. The Hall–Kier alpha value is -1.80. The number of aliphatic hydroxyl groups is 1. The van der Waals surface area contributed by atoms with Crippen LogP contribution in [0.4, 0.5) is 10.5 Å². The molecule has 0 bridgehead atoms. The van der Waals surface area contributed by atoms with Gasteiger partial charge in [0.15, 0.2) is 0 Å². The van der Waals surface area contributed by atoms with Gasteiger partial charge in [-0.1, -0.05) is 0 Å². The highest BCUT2D eigenvalue weighted by molar-refractivity contribution is 9.10. The minimum Gasteiger partial charge on any atom is -0.457 e. The lowest BCUT2D eigenvalue weighted by atomic mass is 10.1. The summed E-state index contributed by atoms with van der Waals surface area (Å²) in [6.07, 6.45) is 0.141. The van der Waals surface area contributed by atoms with Crippen LogP contribution in [0.1, 0.15) is 43.1 Å². The fourth-order valence-electron chi connectivity index (χ4n) is 3.32. The molecule has 2 N–H and O–H groups in total. The summed E-state index contributed by atoms with van der Waals surface area (Å²) < 4.78 is 11.1. The van der Waals surface area contributed by atoms with Gasteiger partial charge in [0.25, 0.3) is 0 Å². The van der Waals surface area contributed by atoms with Gasteiger partial charge in [-0.2, -0.15) is 0 Å². The molecule has 142 valence electrons. The number of halogens is 1. The lowest BCUT2D eigenvalue weighted by Crippen LogP contribution is -2.40. The second-order valence-electron chi connectivity index (χ2n) is 7.60. The van der Waals surface area contributed by atoms with Crippen molar-refractivity contribution in [2.45, 2.75) is 51.5 Å². The number of carbonyl (C=O) groups excluding carboxylic acids is 2. The van der Waals surface area contributed by atoms with Gasteiger partial charge in [0, 0.05) is 16.6 Å². The van der Waals surface area contributed by atoms with Gasteiger partial charge in [-0.3, -0.25) is 0 Å². The number of carbonyl (C=O) groups is 2. The Kier molecular flexibility index (Phi) is 5.16. The zero-order valence-electron chi connectivity index (χ0n) is 15.0. The van der Waals surface area contributed by atoms with Crippen molar-refractivity contribution in [3.8, 4) is 0 Å². The number of anilines is 1. The van der Waals surface area contributed by atoms with Gasteiger partial charge < -0.3 is 24.8 Å². The second kappa shape index (κ2) is 7.08. The van der Waals surface area contributed by atoms with E-state index in [-0.39, 0.29) is 31.3 Å². The number of aliphatic hydroxyl groups excluding tert-OH is 1. The summed E-state index contributed by atoms with van der Waals surface area (Å²) in [5, 5.41) is 12.7. The topological polar surface area (TPSA) is 88.1 Å². The normalized spacial score (nSPS) is 22.2. The average molecular weight is 427 g/mol. The first kappa shape index (κ1) is 19.0. The van der Waals surface area contributed by atoms with Gasteiger partial charge in [0.2, 0.25) is 0 Å². The Labute approximate surface area is 160 Å². The number of hydrogen-bond acceptors (Lipinski definition) is 6. The first-order valence-electron chi connectivity index (χ1n) is 8.54. The molecule has 3 rings (SSSR count). The number of nitrogens with zero attached hydrogens (tertiary/aromatic N) is 1. The van der Waals surface area contributed by atoms with E-state index in [1.54, 1.807) is 6.07 Å². The number of cyclic esters (lactones) is 1. The standard InChI is InChI=1S/C18H23BrN2O5/c1-18(2,3)26-17(24)20-11-5-12(8-22)21(7-11)15-4-10-9-25-16(23)13(10)6-14(15)19/h4,6,11-12,22H,5,7-9H2,1-3H3,(H,20,24)/t11-,12-/m0/s1. The number of nitrogens with one attached hydrogen (secondary N) is 1. The molecule has 1 amide bonds. The van der Waals surface area contributed by atoms with Crippen molar-refractivity contribution in [3.63, 3.8) is 0 Å². The molecule has 1 saturated heterocycles. The summed E-state index contributed by atoms with van der Waals surface area (Å²) in [7, 11) is 0. The number of amides is 1. The van der Waals surface area contributed by atoms with Crippen molar-refractivity contribution in [2.75, 3.05) is 18.1 Å². The number of esters is 1. The van der Waals surface area contributed by atoms with Gasteiger partial charge in [-0.05, 0) is 55.3 Å². The van der Waals surface area contributed by atoms with Gasteiger partial charge in [0.1, 0.15) is 12.2 Å². The van der Waals surface area contributed by atoms with Gasteiger partial charge >= 0.3 is 12.1 Å².